The van der Waals surface area contributed by atoms with Crippen molar-refractivity contribution < 1.29 is 9.53 Å². The van der Waals surface area contributed by atoms with Crippen LogP contribution in [0.1, 0.15) is 48.5 Å². The molecule has 3 heterocycles. The number of hydrogen-bond donors (Lipinski definition) is 1. The van der Waals surface area contributed by atoms with Crippen LogP contribution in [0.3, 0.4) is 0 Å². The molecule has 8 heteroatoms. The van der Waals surface area contributed by atoms with Gasteiger partial charge < -0.3 is 10.1 Å². The van der Waals surface area contributed by atoms with Gasteiger partial charge in [-0.15, -0.1) is 0 Å². The smallest absolute Gasteiger partial charge is 0.258 e. The number of fused-ring (bicyclic) bond motifs is 1. The van der Waals surface area contributed by atoms with E-state index in [9.17, 15) is 4.79 Å². The van der Waals surface area contributed by atoms with Crippen molar-refractivity contribution in [3.05, 3.63) is 35.3 Å². The Morgan fingerprint density at radius 1 is 1.41 bits per heavy atom. The first kappa shape index (κ1) is 17.5. The molecule has 3 aromatic rings. The number of amides is 1. The molecule has 1 amide bonds. The molecule has 1 saturated carbocycles. The van der Waals surface area contributed by atoms with E-state index in [4.69, 9.17) is 4.74 Å². The highest BCUT2D eigenvalue weighted by Gasteiger charge is 2.30. The molecule has 0 aliphatic heterocycles. The van der Waals surface area contributed by atoms with E-state index in [0.717, 1.165) is 27.9 Å². The molecule has 3 aromatic heterocycles. The lowest BCUT2D eigenvalue weighted by Gasteiger charge is -2.13. The maximum absolute atomic E-state index is 12.2. The first-order valence-electron chi connectivity index (χ1n) is 9.17. The van der Waals surface area contributed by atoms with Crippen LogP contribution in [0.2, 0.25) is 0 Å². The summed E-state index contributed by atoms with van der Waals surface area (Å²) in [6.45, 7) is 3.86. The summed E-state index contributed by atoms with van der Waals surface area (Å²) < 4.78 is 9.16. The van der Waals surface area contributed by atoms with Crippen LogP contribution in [0.4, 0.5) is 0 Å². The molecule has 1 N–H and O–H groups in total. The Morgan fingerprint density at radius 2 is 2.19 bits per heavy atom. The predicted octanol–water partition coefficient (Wildman–Crippen LogP) is 2.14. The lowest BCUT2D eigenvalue weighted by Crippen LogP contribution is -2.31. The molecule has 0 bridgehead atoms. The third-order valence-corrected chi connectivity index (χ3v) is 4.91. The van der Waals surface area contributed by atoms with Gasteiger partial charge in [0.1, 0.15) is 0 Å². The van der Waals surface area contributed by atoms with E-state index in [1.54, 1.807) is 15.6 Å². The van der Waals surface area contributed by atoms with Crippen LogP contribution in [0, 0.1) is 6.92 Å². The van der Waals surface area contributed by atoms with Crippen molar-refractivity contribution in [3.8, 4) is 5.88 Å². The first-order chi connectivity index (χ1) is 12.9. The Hall–Kier alpha value is -2.90. The number of rotatable bonds is 6. The lowest BCUT2D eigenvalue weighted by atomic mass is 10.1. The van der Waals surface area contributed by atoms with Crippen LogP contribution in [0.25, 0.3) is 11.0 Å². The molecule has 1 aliphatic rings. The summed E-state index contributed by atoms with van der Waals surface area (Å²) in [5.74, 6) is 0.796. The van der Waals surface area contributed by atoms with E-state index in [0.29, 0.717) is 11.8 Å². The van der Waals surface area contributed by atoms with Crippen LogP contribution in [0.5, 0.6) is 5.88 Å². The largest absolute Gasteiger partial charge is 0.468 e. The Balaban J connectivity index is 1.44. The van der Waals surface area contributed by atoms with Crippen LogP contribution < -0.4 is 10.1 Å². The SMILES string of the molecule is Cc1cc(OCC(=O)NC(C)c2cnn(C)c2)nc2c1c(C1CC1)nn2C. The average Bonchev–Trinajstić information content (AvgIpc) is 3.29. The molecule has 0 spiro atoms. The molecule has 0 aromatic carbocycles. The van der Waals surface area contributed by atoms with Crippen molar-refractivity contribution in [2.75, 3.05) is 6.61 Å². The zero-order chi connectivity index (χ0) is 19.1. The number of nitrogens with one attached hydrogen (secondary N) is 1. The molecule has 1 unspecified atom stereocenters. The van der Waals surface area contributed by atoms with E-state index in [1.807, 2.05) is 40.2 Å². The zero-order valence-corrected chi connectivity index (χ0v) is 16.1. The van der Waals surface area contributed by atoms with Gasteiger partial charge in [-0.1, -0.05) is 0 Å². The van der Waals surface area contributed by atoms with Gasteiger partial charge in [0, 0.05) is 43.2 Å². The quantitative estimate of drug-likeness (QED) is 0.720. The first-order valence-corrected chi connectivity index (χ1v) is 9.17. The number of hydrogen-bond acceptors (Lipinski definition) is 5. The summed E-state index contributed by atoms with van der Waals surface area (Å²) in [5, 5.41) is 12.8. The number of nitrogens with zero attached hydrogens (tertiary/aromatic N) is 5. The van der Waals surface area contributed by atoms with Crippen molar-refractivity contribution in [2.45, 2.75) is 38.6 Å². The Kier molecular flexibility index (Phi) is 4.33. The number of pyridine rings is 1. The summed E-state index contributed by atoms with van der Waals surface area (Å²) in [6.07, 6.45) is 6.01. The van der Waals surface area contributed by atoms with Crippen molar-refractivity contribution in [1.82, 2.24) is 29.9 Å². The van der Waals surface area contributed by atoms with Crippen LogP contribution in [0.15, 0.2) is 18.5 Å². The highest BCUT2D eigenvalue weighted by atomic mass is 16.5. The Bertz CT molecular complexity index is 1000. The van der Waals surface area contributed by atoms with E-state index in [-0.39, 0.29) is 18.6 Å². The third-order valence-electron chi connectivity index (χ3n) is 4.91. The normalized spacial score (nSPS) is 15.1. The van der Waals surface area contributed by atoms with Gasteiger partial charge in [0.25, 0.3) is 5.91 Å². The van der Waals surface area contributed by atoms with Crippen LogP contribution in [-0.4, -0.2) is 37.1 Å². The third kappa shape index (κ3) is 3.51. The fourth-order valence-electron chi connectivity index (χ4n) is 3.32. The molecular weight excluding hydrogens is 344 g/mol. The van der Waals surface area contributed by atoms with Gasteiger partial charge in [-0.3, -0.25) is 14.2 Å². The maximum Gasteiger partial charge on any atom is 0.258 e. The van der Waals surface area contributed by atoms with E-state index in [1.165, 1.54) is 12.8 Å². The molecule has 0 radical (unpaired) electrons. The minimum atomic E-state index is -0.199. The molecule has 0 saturated heterocycles. The van der Waals surface area contributed by atoms with Gasteiger partial charge in [-0.2, -0.15) is 15.2 Å². The summed E-state index contributed by atoms with van der Waals surface area (Å²) >= 11 is 0. The van der Waals surface area contributed by atoms with Gasteiger partial charge in [-0.25, -0.2) is 0 Å². The second-order valence-corrected chi connectivity index (χ2v) is 7.28. The topological polar surface area (TPSA) is 86.9 Å². The molecule has 142 valence electrons. The summed E-state index contributed by atoms with van der Waals surface area (Å²) in [6, 6.07) is 1.75. The fourth-order valence-corrected chi connectivity index (χ4v) is 3.32. The minimum absolute atomic E-state index is 0.0874. The number of aryl methyl sites for hydroxylation is 3. The highest BCUT2D eigenvalue weighted by Crippen LogP contribution is 2.43. The Labute approximate surface area is 157 Å². The molecule has 1 aliphatic carbocycles. The average molecular weight is 368 g/mol. The summed E-state index contributed by atoms with van der Waals surface area (Å²) in [4.78, 5) is 16.8. The lowest BCUT2D eigenvalue weighted by molar-refractivity contribution is -0.123. The van der Waals surface area contributed by atoms with Crippen molar-refractivity contribution in [2.24, 2.45) is 14.1 Å². The molecule has 1 fully saturated rings. The number of carbonyl (C=O) groups is 1. The summed E-state index contributed by atoms with van der Waals surface area (Å²) in [5.41, 5.74) is 3.96. The van der Waals surface area contributed by atoms with Crippen LogP contribution in [-0.2, 0) is 18.9 Å². The Morgan fingerprint density at radius 3 is 2.85 bits per heavy atom. The van der Waals surface area contributed by atoms with E-state index < -0.39 is 0 Å². The second kappa shape index (κ2) is 6.68. The number of carbonyl (C=O) groups excluding carboxylic acids is 1. The highest BCUT2D eigenvalue weighted by molar-refractivity contribution is 5.84. The maximum atomic E-state index is 12.2. The van der Waals surface area contributed by atoms with Gasteiger partial charge in [0.15, 0.2) is 12.3 Å². The van der Waals surface area contributed by atoms with Gasteiger partial charge >= 0.3 is 0 Å². The van der Waals surface area contributed by atoms with E-state index in [2.05, 4.69) is 20.5 Å². The minimum Gasteiger partial charge on any atom is -0.468 e. The molecule has 27 heavy (non-hydrogen) atoms. The van der Waals surface area contributed by atoms with Crippen molar-refractivity contribution in [3.63, 3.8) is 0 Å². The van der Waals surface area contributed by atoms with Gasteiger partial charge in [0.2, 0.25) is 5.88 Å². The molecule has 4 rings (SSSR count). The molecule has 1 atom stereocenters. The zero-order valence-electron chi connectivity index (χ0n) is 16.1. The fraction of sp³-hybridized carbons (Fsp3) is 0.474. The summed E-state index contributed by atoms with van der Waals surface area (Å²) in [7, 11) is 3.74. The van der Waals surface area contributed by atoms with Crippen LogP contribution >= 0.6 is 0 Å². The van der Waals surface area contributed by atoms with Gasteiger partial charge in [0.05, 0.1) is 17.9 Å². The number of ether oxygens (including phenoxy) is 1. The van der Waals surface area contributed by atoms with Crippen molar-refractivity contribution in [1.29, 1.82) is 0 Å². The van der Waals surface area contributed by atoms with Crippen molar-refractivity contribution >= 4 is 16.9 Å². The van der Waals surface area contributed by atoms with Gasteiger partial charge in [-0.05, 0) is 32.3 Å². The molecular formula is C19H24N6O2. The predicted molar refractivity (Wildman–Crippen MR) is 100 cm³/mol. The monoisotopic (exact) mass is 368 g/mol. The second-order valence-electron chi connectivity index (χ2n) is 7.28. The standard InChI is InChI=1S/C19H24N6O2/c1-11-7-16(22-19-17(11)18(13-5-6-13)23-25(19)4)27-10-15(26)21-12(2)14-8-20-24(3)9-14/h7-9,12-13H,5-6,10H2,1-4H3,(H,21,26). The molecule has 8 nitrogen and oxygen atoms in total. The number of aromatic nitrogens is 5. The van der Waals surface area contributed by atoms with E-state index >= 15 is 0 Å².